The van der Waals surface area contributed by atoms with E-state index < -0.39 is 17.6 Å². The fraction of sp³-hybridized carbons (Fsp3) is 0. The minimum Gasteiger partial charge on any atom is -0.461 e. The number of hydrogen-bond donors (Lipinski definition) is 4. The zero-order chi connectivity index (χ0) is 16.6. The second-order valence-corrected chi connectivity index (χ2v) is 5.50. The van der Waals surface area contributed by atoms with Crippen LogP contribution in [0.25, 0.3) is 11.1 Å². The fourth-order valence-corrected chi connectivity index (χ4v) is 2.38. The van der Waals surface area contributed by atoms with Gasteiger partial charge < -0.3 is 15.1 Å². The molecule has 0 unspecified atom stereocenters. The van der Waals surface area contributed by atoms with Crippen molar-refractivity contribution < 1.29 is 18.4 Å². The van der Waals surface area contributed by atoms with Gasteiger partial charge in [-0.15, -0.1) is 0 Å². The number of nitrogen functional groups attached to an aromatic ring is 1. The van der Waals surface area contributed by atoms with Gasteiger partial charge in [0.05, 0.1) is 15.6 Å². The van der Waals surface area contributed by atoms with Gasteiger partial charge in [-0.1, -0.05) is 0 Å². The van der Waals surface area contributed by atoms with Gasteiger partial charge in [0.1, 0.15) is 17.8 Å². The van der Waals surface area contributed by atoms with E-state index in [2.05, 4.69) is 31.8 Å². The summed E-state index contributed by atoms with van der Waals surface area (Å²) in [6, 6.07) is 4.84. The average molecular weight is 381 g/mol. The van der Waals surface area contributed by atoms with Crippen LogP contribution in [-0.4, -0.2) is 16.8 Å². The molecule has 2 amide bonds. The van der Waals surface area contributed by atoms with E-state index in [1.165, 1.54) is 18.4 Å². The lowest BCUT2D eigenvalue weighted by molar-refractivity contribution is 0.0845. The summed E-state index contributed by atoms with van der Waals surface area (Å²) in [7, 11) is 0. The maximum Gasteiger partial charge on any atom is 0.286 e. The summed E-state index contributed by atoms with van der Waals surface area (Å²) >= 11 is 3.26. The molecule has 0 atom stereocenters. The molecule has 5 N–H and O–H groups in total. The first-order valence-electron chi connectivity index (χ1n) is 6.37. The van der Waals surface area contributed by atoms with Crippen molar-refractivity contribution in [2.45, 2.75) is 0 Å². The Bertz CT molecular complexity index is 918. The smallest absolute Gasteiger partial charge is 0.286 e. The first-order valence-corrected chi connectivity index (χ1v) is 7.16. The van der Waals surface area contributed by atoms with Gasteiger partial charge in [-0.3, -0.25) is 20.4 Å². The molecule has 9 heteroatoms. The van der Waals surface area contributed by atoms with Crippen molar-refractivity contribution in [1.29, 1.82) is 0 Å². The van der Waals surface area contributed by atoms with E-state index in [1.54, 1.807) is 0 Å². The van der Waals surface area contributed by atoms with Crippen molar-refractivity contribution in [2.24, 2.45) is 0 Å². The molecule has 0 aliphatic rings. The van der Waals surface area contributed by atoms with Crippen LogP contribution in [0.3, 0.4) is 0 Å². The maximum absolute atomic E-state index is 13.0. The third-order valence-corrected chi connectivity index (χ3v) is 3.69. The van der Waals surface area contributed by atoms with E-state index in [1.807, 2.05) is 0 Å². The van der Waals surface area contributed by atoms with E-state index in [0.29, 0.717) is 15.6 Å². The summed E-state index contributed by atoms with van der Waals surface area (Å²) in [4.78, 5) is 26.8. The number of nitrogens with one attached hydrogen (secondary N) is 3. The van der Waals surface area contributed by atoms with Crippen molar-refractivity contribution in [3.05, 3.63) is 52.1 Å². The molecule has 1 aromatic carbocycles. The molecule has 0 radical (unpaired) electrons. The molecule has 7 nitrogen and oxygen atoms in total. The molecule has 0 saturated carbocycles. The zero-order valence-electron chi connectivity index (χ0n) is 11.4. The molecule has 0 spiro atoms. The molecule has 0 aliphatic carbocycles. The topological polar surface area (TPSA) is 113 Å². The number of aromatic nitrogens is 1. The lowest BCUT2D eigenvalue weighted by Crippen LogP contribution is -2.42. The number of aromatic amines is 1. The normalized spacial score (nSPS) is 10.7. The average Bonchev–Trinajstić information content (AvgIpc) is 3.07. The van der Waals surface area contributed by atoms with Gasteiger partial charge in [-0.2, -0.15) is 0 Å². The number of H-pyrrole nitrogens is 1. The van der Waals surface area contributed by atoms with Crippen molar-refractivity contribution in [3.63, 3.8) is 0 Å². The number of hydrazine groups is 1. The standard InChI is InChI=1S/C14H10BrFN4O3/c15-8-5-23-11-4-10(18-12(8)11)14(22)20-19-13(21)7-2-1-6(16)3-9(7)17/h1-5,18H,17H2,(H,19,21)(H,20,22). The molecule has 0 saturated heterocycles. The number of carbonyl (C=O) groups excluding carboxylic acids is 2. The lowest BCUT2D eigenvalue weighted by Gasteiger charge is -2.08. The van der Waals surface area contributed by atoms with E-state index in [4.69, 9.17) is 10.2 Å². The van der Waals surface area contributed by atoms with Crippen LogP contribution in [0.1, 0.15) is 20.8 Å². The summed E-state index contributed by atoms with van der Waals surface area (Å²) in [6.45, 7) is 0. The molecule has 23 heavy (non-hydrogen) atoms. The Balaban J connectivity index is 1.69. The highest BCUT2D eigenvalue weighted by atomic mass is 79.9. The summed E-state index contributed by atoms with van der Waals surface area (Å²) in [6.07, 6.45) is 1.49. The van der Waals surface area contributed by atoms with Crippen LogP contribution in [0.15, 0.2) is 39.4 Å². The quantitative estimate of drug-likeness (QED) is 0.403. The molecule has 2 aromatic heterocycles. The zero-order valence-corrected chi connectivity index (χ0v) is 13.0. The molecule has 2 heterocycles. The molecule has 0 bridgehead atoms. The Labute approximate surface area is 137 Å². The molecular weight excluding hydrogens is 371 g/mol. The van der Waals surface area contributed by atoms with Gasteiger partial charge in [0.2, 0.25) is 0 Å². The molecule has 3 rings (SSSR count). The Kier molecular flexibility index (Phi) is 3.78. The van der Waals surface area contributed by atoms with E-state index in [-0.39, 0.29) is 16.9 Å². The highest BCUT2D eigenvalue weighted by molar-refractivity contribution is 9.10. The van der Waals surface area contributed by atoms with Crippen LogP contribution in [0.5, 0.6) is 0 Å². The van der Waals surface area contributed by atoms with Gasteiger partial charge in [0.15, 0.2) is 5.58 Å². The van der Waals surface area contributed by atoms with Crippen molar-refractivity contribution in [3.8, 4) is 0 Å². The number of halogens is 2. The summed E-state index contributed by atoms with van der Waals surface area (Å²) in [5.41, 5.74) is 11.3. The number of amides is 2. The van der Waals surface area contributed by atoms with Crippen LogP contribution < -0.4 is 16.6 Å². The molecular formula is C14H10BrFN4O3. The van der Waals surface area contributed by atoms with Gasteiger partial charge in [0.25, 0.3) is 11.8 Å². The van der Waals surface area contributed by atoms with Gasteiger partial charge >= 0.3 is 0 Å². The maximum atomic E-state index is 13.0. The summed E-state index contributed by atoms with van der Waals surface area (Å²) in [5, 5.41) is 0. The van der Waals surface area contributed by atoms with Crippen LogP contribution >= 0.6 is 15.9 Å². The Hall–Kier alpha value is -2.81. The second kappa shape index (κ2) is 5.76. The van der Waals surface area contributed by atoms with Crippen LogP contribution in [-0.2, 0) is 0 Å². The number of hydrogen-bond acceptors (Lipinski definition) is 4. The molecule has 0 fully saturated rings. The third kappa shape index (κ3) is 2.90. The highest BCUT2D eigenvalue weighted by Crippen LogP contribution is 2.25. The van der Waals surface area contributed by atoms with E-state index >= 15 is 0 Å². The molecule has 3 aromatic rings. The molecule has 118 valence electrons. The predicted molar refractivity (Wildman–Crippen MR) is 84.0 cm³/mol. The predicted octanol–water partition coefficient (Wildman–Crippen LogP) is 2.32. The van der Waals surface area contributed by atoms with Crippen molar-refractivity contribution >= 4 is 44.5 Å². The summed E-state index contributed by atoms with van der Waals surface area (Å²) in [5.74, 6) is -1.78. The van der Waals surface area contributed by atoms with Crippen LogP contribution in [0, 0.1) is 5.82 Å². The van der Waals surface area contributed by atoms with Crippen molar-refractivity contribution in [1.82, 2.24) is 15.8 Å². The van der Waals surface area contributed by atoms with E-state index in [9.17, 15) is 14.0 Å². The lowest BCUT2D eigenvalue weighted by atomic mass is 10.1. The fourth-order valence-electron chi connectivity index (χ4n) is 1.99. The highest BCUT2D eigenvalue weighted by Gasteiger charge is 2.15. The first kappa shape index (κ1) is 15.1. The third-order valence-electron chi connectivity index (χ3n) is 3.10. The Morgan fingerprint density at radius 1 is 1.22 bits per heavy atom. The summed E-state index contributed by atoms with van der Waals surface area (Å²) < 4.78 is 18.8. The van der Waals surface area contributed by atoms with Crippen molar-refractivity contribution in [2.75, 3.05) is 5.73 Å². The first-order chi connectivity index (χ1) is 11.0. The minimum atomic E-state index is -0.660. The second-order valence-electron chi connectivity index (χ2n) is 4.65. The number of rotatable bonds is 2. The van der Waals surface area contributed by atoms with Gasteiger partial charge in [0, 0.05) is 11.8 Å². The Morgan fingerprint density at radius 3 is 2.65 bits per heavy atom. The molecule has 0 aliphatic heterocycles. The SMILES string of the molecule is Nc1cc(F)ccc1C(=O)NNC(=O)c1cc2occ(Br)c2[nH]1. The number of furan rings is 1. The number of anilines is 1. The van der Waals surface area contributed by atoms with Crippen LogP contribution in [0.2, 0.25) is 0 Å². The number of fused-ring (bicyclic) bond motifs is 1. The van der Waals surface area contributed by atoms with E-state index in [0.717, 1.165) is 12.1 Å². The number of nitrogens with two attached hydrogens (primary N) is 1. The van der Waals surface area contributed by atoms with Gasteiger partial charge in [-0.25, -0.2) is 4.39 Å². The number of benzene rings is 1. The van der Waals surface area contributed by atoms with Gasteiger partial charge in [-0.05, 0) is 34.1 Å². The minimum absolute atomic E-state index is 0.0296. The number of carbonyl (C=O) groups is 2. The van der Waals surface area contributed by atoms with Crippen LogP contribution in [0.4, 0.5) is 10.1 Å². The monoisotopic (exact) mass is 380 g/mol. The Morgan fingerprint density at radius 2 is 1.96 bits per heavy atom. The largest absolute Gasteiger partial charge is 0.461 e.